The molecule has 0 saturated heterocycles. The molecule has 0 spiro atoms. The van der Waals surface area contributed by atoms with Gasteiger partial charge in [0.05, 0.1) is 24.7 Å². The number of aromatic nitrogens is 3. The summed E-state index contributed by atoms with van der Waals surface area (Å²) in [7, 11) is 1.17. The van der Waals surface area contributed by atoms with E-state index in [-0.39, 0.29) is 0 Å². The highest BCUT2D eigenvalue weighted by atomic mass is 16.5. The van der Waals surface area contributed by atoms with Gasteiger partial charge in [-0.1, -0.05) is 25.1 Å². The van der Waals surface area contributed by atoms with E-state index in [2.05, 4.69) is 39.2 Å². The minimum atomic E-state index is -0.939. The first-order valence-corrected chi connectivity index (χ1v) is 9.24. The Balaban J connectivity index is 1.64. The number of carbonyl (C=O) groups excluding carboxylic acids is 2. The lowest BCUT2D eigenvalue weighted by atomic mass is 10.1. The molecule has 146 valence electrons. The summed E-state index contributed by atoms with van der Waals surface area (Å²) in [5.41, 5.74) is 5.51. The number of carbonyl (C=O) groups is 2. The normalized spacial score (nSPS) is 10.8. The van der Waals surface area contributed by atoms with Crippen molar-refractivity contribution >= 4 is 28.5 Å². The molecular weight excluding hydrogens is 368 g/mol. The predicted octanol–water partition coefficient (Wildman–Crippen LogP) is 3.69. The number of amides is 1. The molecule has 0 aliphatic heterocycles. The van der Waals surface area contributed by atoms with E-state index < -0.39 is 11.9 Å². The van der Waals surface area contributed by atoms with E-state index in [0.717, 1.165) is 34.1 Å². The number of nitrogens with zero attached hydrogens (tertiary/aromatic N) is 2. The van der Waals surface area contributed by atoms with Crippen LogP contribution in [0.5, 0.6) is 0 Å². The van der Waals surface area contributed by atoms with E-state index in [4.69, 9.17) is 0 Å². The predicted molar refractivity (Wildman–Crippen MR) is 111 cm³/mol. The molecule has 0 aliphatic carbocycles. The number of nitrogens with one attached hydrogen (secondary N) is 2. The van der Waals surface area contributed by atoms with Gasteiger partial charge in [0.1, 0.15) is 0 Å². The molecule has 0 saturated carbocycles. The molecule has 4 rings (SSSR count). The van der Waals surface area contributed by atoms with Crippen molar-refractivity contribution in [1.29, 1.82) is 0 Å². The minimum absolute atomic E-state index is 0.514. The highest BCUT2D eigenvalue weighted by Crippen LogP contribution is 2.29. The molecule has 4 aromatic rings. The zero-order valence-electron chi connectivity index (χ0n) is 16.1. The Labute approximate surface area is 167 Å². The van der Waals surface area contributed by atoms with E-state index >= 15 is 0 Å². The van der Waals surface area contributed by atoms with Gasteiger partial charge in [-0.05, 0) is 41.8 Å². The van der Waals surface area contributed by atoms with E-state index in [9.17, 15) is 9.59 Å². The Hall–Kier alpha value is -3.87. The number of ether oxygens (including phenoxy) is 1. The third kappa shape index (κ3) is 3.62. The Morgan fingerprint density at radius 2 is 1.93 bits per heavy atom. The third-order valence-corrected chi connectivity index (χ3v) is 4.83. The van der Waals surface area contributed by atoms with Gasteiger partial charge in [-0.25, -0.2) is 9.48 Å². The molecule has 7 nitrogen and oxygen atoms in total. The van der Waals surface area contributed by atoms with Crippen molar-refractivity contribution in [2.45, 2.75) is 13.3 Å². The van der Waals surface area contributed by atoms with Crippen molar-refractivity contribution in [3.63, 3.8) is 0 Å². The smallest absolute Gasteiger partial charge is 0.396 e. The molecule has 1 amide bonds. The SMILES string of the molecule is CCc1ccc(-n2cc(-c3ccc4[nH]cc(NC(=O)C(=O)OC)c4c3)cn2)cc1. The fourth-order valence-electron chi connectivity index (χ4n) is 3.17. The van der Waals surface area contributed by atoms with Crippen LogP contribution in [-0.2, 0) is 20.7 Å². The maximum absolute atomic E-state index is 11.8. The first kappa shape index (κ1) is 18.5. The van der Waals surface area contributed by atoms with E-state index in [0.29, 0.717) is 5.69 Å². The molecule has 7 heteroatoms. The van der Waals surface area contributed by atoms with Gasteiger partial charge in [0.2, 0.25) is 0 Å². The molecular formula is C22H20N4O3. The number of aryl methyl sites for hydroxylation is 1. The monoisotopic (exact) mass is 388 g/mol. The second-order valence-electron chi connectivity index (χ2n) is 6.60. The van der Waals surface area contributed by atoms with Crippen LogP contribution in [-0.4, -0.2) is 33.8 Å². The lowest BCUT2D eigenvalue weighted by molar-refractivity contribution is -0.150. The van der Waals surface area contributed by atoms with Crippen LogP contribution < -0.4 is 5.32 Å². The number of hydrogen-bond acceptors (Lipinski definition) is 4. The maximum atomic E-state index is 11.8. The molecule has 2 N–H and O–H groups in total. The van der Waals surface area contributed by atoms with Crippen LogP contribution in [0.2, 0.25) is 0 Å². The van der Waals surface area contributed by atoms with Crippen molar-refractivity contribution in [1.82, 2.24) is 14.8 Å². The first-order valence-electron chi connectivity index (χ1n) is 9.24. The Kier molecular flexibility index (Phi) is 4.87. The topological polar surface area (TPSA) is 89.0 Å². The van der Waals surface area contributed by atoms with Gasteiger partial charge >= 0.3 is 11.9 Å². The summed E-state index contributed by atoms with van der Waals surface area (Å²) in [5, 5.41) is 7.83. The van der Waals surface area contributed by atoms with Gasteiger partial charge in [-0.3, -0.25) is 4.79 Å². The number of benzene rings is 2. The van der Waals surface area contributed by atoms with Gasteiger partial charge in [0.25, 0.3) is 0 Å². The molecule has 0 bridgehead atoms. The molecule has 29 heavy (non-hydrogen) atoms. The van der Waals surface area contributed by atoms with Crippen molar-refractivity contribution in [2.24, 2.45) is 0 Å². The van der Waals surface area contributed by atoms with Gasteiger partial charge < -0.3 is 15.0 Å². The molecule has 0 fully saturated rings. The van der Waals surface area contributed by atoms with Gasteiger partial charge in [0.15, 0.2) is 0 Å². The third-order valence-electron chi connectivity index (χ3n) is 4.83. The Morgan fingerprint density at radius 3 is 2.66 bits per heavy atom. The molecule has 2 aromatic heterocycles. The summed E-state index contributed by atoms with van der Waals surface area (Å²) in [4.78, 5) is 26.3. The molecule has 0 unspecified atom stereocenters. The van der Waals surface area contributed by atoms with Crippen molar-refractivity contribution < 1.29 is 14.3 Å². The van der Waals surface area contributed by atoms with Crippen LogP contribution >= 0.6 is 0 Å². The van der Waals surface area contributed by atoms with Crippen LogP contribution in [0.4, 0.5) is 5.69 Å². The fourth-order valence-corrected chi connectivity index (χ4v) is 3.17. The van der Waals surface area contributed by atoms with E-state index in [1.165, 1.54) is 12.7 Å². The summed E-state index contributed by atoms with van der Waals surface area (Å²) in [5.74, 6) is -1.76. The highest BCUT2D eigenvalue weighted by molar-refractivity contribution is 6.38. The lowest BCUT2D eigenvalue weighted by Crippen LogP contribution is -2.23. The number of esters is 1. The zero-order chi connectivity index (χ0) is 20.4. The van der Waals surface area contributed by atoms with Gasteiger partial charge in [0, 0.05) is 28.9 Å². The van der Waals surface area contributed by atoms with Gasteiger partial charge in [-0.2, -0.15) is 5.10 Å². The standard InChI is InChI=1S/C22H20N4O3/c1-3-14-4-7-17(8-5-14)26-13-16(11-24-26)15-6-9-19-18(10-15)20(12-23-19)25-21(27)22(28)29-2/h4-13,23H,3H2,1-2H3,(H,25,27). The zero-order valence-corrected chi connectivity index (χ0v) is 16.1. The van der Waals surface area contributed by atoms with E-state index in [1.807, 2.05) is 41.2 Å². The molecule has 0 atom stereocenters. The summed E-state index contributed by atoms with van der Waals surface area (Å²) < 4.78 is 6.28. The van der Waals surface area contributed by atoms with Crippen LogP contribution in [0, 0.1) is 0 Å². The van der Waals surface area contributed by atoms with Crippen LogP contribution in [0.3, 0.4) is 0 Å². The quantitative estimate of drug-likeness (QED) is 0.412. The first-order chi connectivity index (χ1) is 14.1. The van der Waals surface area contributed by atoms with Crippen molar-refractivity contribution in [2.75, 3.05) is 12.4 Å². The largest absolute Gasteiger partial charge is 0.462 e. The Bertz CT molecular complexity index is 1190. The average molecular weight is 388 g/mol. The number of anilines is 1. The number of methoxy groups -OCH3 is 1. The Morgan fingerprint density at radius 1 is 1.14 bits per heavy atom. The second kappa shape index (κ2) is 7.63. The number of rotatable bonds is 4. The number of aromatic amines is 1. The highest BCUT2D eigenvalue weighted by Gasteiger charge is 2.16. The van der Waals surface area contributed by atoms with Crippen LogP contribution in [0.1, 0.15) is 12.5 Å². The summed E-state index contributed by atoms with van der Waals surface area (Å²) in [6.45, 7) is 2.13. The number of hydrogen-bond donors (Lipinski definition) is 2. The van der Waals surface area contributed by atoms with E-state index in [1.54, 1.807) is 12.4 Å². The second-order valence-corrected chi connectivity index (χ2v) is 6.60. The fraction of sp³-hybridized carbons (Fsp3) is 0.136. The lowest BCUT2D eigenvalue weighted by Gasteiger charge is -2.04. The molecule has 0 aliphatic rings. The summed E-state index contributed by atoms with van der Waals surface area (Å²) in [6, 6.07) is 14.1. The molecule has 2 aromatic carbocycles. The van der Waals surface area contributed by atoms with Crippen molar-refractivity contribution in [3.05, 3.63) is 66.6 Å². The number of H-pyrrole nitrogens is 1. The summed E-state index contributed by atoms with van der Waals surface area (Å²) in [6.07, 6.45) is 6.40. The van der Waals surface area contributed by atoms with Gasteiger partial charge in [-0.15, -0.1) is 0 Å². The molecule has 2 heterocycles. The minimum Gasteiger partial charge on any atom is -0.462 e. The number of fused-ring (bicyclic) bond motifs is 1. The van der Waals surface area contributed by atoms with Crippen LogP contribution in [0.25, 0.3) is 27.7 Å². The van der Waals surface area contributed by atoms with Crippen LogP contribution in [0.15, 0.2) is 61.1 Å². The maximum Gasteiger partial charge on any atom is 0.396 e. The van der Waals surface area contributed by atoms with Crippen molar-refractivity contribution in [3.8, 4) is 16.8 Å². The average Bonchev–Trinajstić information content (AvgIpc) is 3.40. The summed E-state index contributed by atoms with van der Waals surface area (Å²) >= 11 is 0. The molecule has 0 radical (unpaired) electrons.